The highest BCUT2D eigenvalue weighted by atomic mass is 19.3. The van der Waals surface area contributed by atoms with Gasteiger partial charge in [0.15, 0.2) is 5.82 Å². The van der Waals surface area contributed by atoms with E-state index in [1.165, 1.54) is 0 Å². The van der Waals surface area contributed by atoms with E-state index in [9.17, 15) is 22.0 Å². The average molecular weight is 291 g/mol. The highest BCUT2D eigenvalue weighted by Crippen LogP contribution is 2.23. The third kappa shape index (κ3) is 3.16. The fourth-order valence-electron chi connectivity index (χ4n) is 1.35. The van der Waals surface area contributed by atoms with E-state index in [-0.39, 0.29) is 11.4 Å². The molecule has 2 heterocycles. The average Bonchev–Trinajstić information content (AvgIpc) is 2.39. The molecule has 4 nitrogen and oxygen atoms in total. The number of alkyl halides is 4. The molecule has 9 heteroatoms. The van der Waals surface area contributed by atoms with Crippen molar-refractivity contribution >= 4 is 0 Å². The second kappa shape index (κ2) is 5.76. The van der Waals surface area contributed by atoms with E-state index >= 15 is 0 Å². The van der Waals surface area contributed by atoms with Crippen molar-refractivity contribution in [3.05, 3.63) is 36.0 Å². The minimum atomic E-state index is -3.08. The fraction of sp³-hybridized carbons (Fsp3) is 0.182. The number of aromatic nitrogens is 3. The van der Waals surface area contributed by atoms with Crippen molar-refractivity contribution in [2.24, 2.45) is 0 Å². The van der Waals surface area contributed by atoms with Crippen LogP contribution < -0.4 is 4.74 Å². The van der Waals surface area contributed by atoms with E-state index in [4.69, 9.17) is 0 Å². The number of hydrogen-bond acceptors (Lipinski definition) is 4. The molecule has 0 bridgehead atoms. The summed E-state index contributed by atoms with van der Waals surface area (Å²) in [7, 11) is 0. The van der Waals surface area contributed by atoms with Gasteiger partial charge in [-0.3, -0.25) is 0 Å². The lowest BCUT2D eigenvalue weighted by atomic mass is 10.2. The summed E-state index contributed by atoms with van der Waals surface area (Å²) in [6.07, 6.45) is -1.19. The van der Waals surface area contributed by atoms with Gasteiger partial charge in [-0.2, -0.15) is 8.78 Å². The van der Waals surface area contributed by atoms with Crippen LogP contribution in [0, 0.1) is 5.82 Å². The molecule has 0 saturated heterocycles. The van der Waals surface area contributed by atoms with Gasteiger partial charge in [0.25, 0.3) is 6.43 Å². The maximum absolute atomic E-state index is 13.1. The van der Waals surface area contributed by atoms with Gasteiger partial charge >= 0.3 is 6.61 Å². The zero-order valence-electron chi connectivity index (χ0n) is 9.60. The molecule has 0 aliphatic carbocycles. The Morgan fingerprint density at radius 1 is 0.950 bits per heavy atom. The summed E-state index contributed by atoms with van der Waals surface area (Å²) < 4.78 is 65.8. The van der Waals surface area contributed by atoms with Crippen LogP contribution in [0.2, 0.25) is 0 Å². The lowest BCUT2D eigenvalue weighted by Crippen LogP contribution is -2.04. The van der Waals surface area contributed by atoms with E-state index in [1.807, 2.05) is 0 Å². The predicted molar refractivity (Wildman–Crippen MR) is 56.8 cm³/mol. The topological polar surface area (TPSA) is 47.9 Å². The zero-order chi connectivity index (χ0) is 14.7. The van der Waals surface area contributed by atoms with Crippen LogP contribution in [0.25, 0.3) is 11.4 Å². The number of hydrogen-bond donors (Lipinski definition) is 0. The Labute approximate surface area is 109 Å². The van der Waals surface area contributed by atoms with Crippen molar-refractivity contribution in [2.75, 3.05) is 0 Å². The maximum atomic E-state index is 13.1. The first-order chi connectivity index (χ1) is 9.47. The number of ether oxygens (including phenoxy) is 1. The summed E-state index contributed by atoms with van der Waals surface area (Å²) in [6.45, 7) is -3.05. The van der Waals surface area contributed by atoms with Crippen LogP contribution in [0.15, 0.2) is 24.5 Å². The van der Waals surface area contributed by atoms with E-state index in [2.05, 4.69) is 19.7 Å². The molecular weight excluding hydrogens is 285 g/mol. The minimum Gasteiger partial charge on any atom is -0.415 e. The van der Waals surface area contributed by atoms with Crippen LogP contribution in [0.4, 0.5) is 22.0 Å². The van der Waals surface area contributed by atoms with E-state index in [0.29, 0.717) is 0 Å². The maximum Gasteiger partial charge on any atom is 0.388 e. The highest BCUT2D eigenvalue weighted by Gasteiger charge is 2.17. The molecular formula is C11H6F5N3O. The molecule has 20 heavy (non-hydrogen) atoms. The van der Waals surface area contributed by atoms with Crippen LogP contribution in [0.5, 0.6) is 5.88 Å². The van der Waals surface area contributed by atoms with Crippen molar-refractivity contribution in [3.63, 3.8) is 0 Å². The third-order valence-corrected chi connectivity index (χ3v) is 2.18. The van der Waals surface area contributed by atoms with Gasteiger partial charge in [0.05, 0.1) is 18.1 Å². The Kier molecular flexibility index (Phi) is 4.06. The molecule has 2 aromatic heterocycles. The summed E-state index contributed by atoms with van der Waals surface area (Å²) >= 11 is 0. The molecule has 106 valence electrons. The van der Waals surface area contributed by atoms with Crippen molar-refractivity contribution in [2.45, 2.75) is 13.0 Å². The first kappa shape index (κ1) is 14.1. The molecule has 2 aromatic rings. The number of rotatable bonds is 4. The van der Waals surface area contributed by atoms with Crippen LogP contribution in [-0.4, -0.2) is 21.6 Å². The van der Waals surface area contributed by atoms with Gasteiger partial charge in [0.1, 0.15) is 11.4 Å². The Hall–Kier alpha value is -2.32. The van der Waals surface area contributed by atoms with E-state index < -0.39 is 30.4 Å². The summed E-state index contributed by atoms with van der Waals surface area (Å²) in [5.74, 6) is -1.57. The van der Waals surface area contributed by atoms with Gasteiger partial charge in [-0.05, 0) is 12.1 Å². The lowest BCUT2D eigenvalue weighted by molar-refractivity contribution is -0.0530. The Morgan fingerprint density at radius 2 is 1.70 bits per heavy atom. The molecule has 0 spiro atoms. The smallest absolute Gasteiger partial charge is 0.388 e. The van der Waals surface area contributed by atoms with Gasteiger partial charge in [0.2, 0.25) is 5.88 Å². The molecule has 0 fully saturated rings. The molecule has 0 N–H and O–H groups in total. The van der Waals surface area contributed by atoms with Gasteiger partial charge in [-0.1, -0.05) is 0 Å². The lowest BCUT2D eigenvalue weighted by Gasteiger charge is -2.06. The summed E-state index contributed by atoms with van der Waals surface area (Å²) in [5.41, 5.74) is -1.05. The number of pyridine rings is 1. The van der Waals surface area contributed by atoms with E-state index in [0.717, 1.165) is 24.5 Å². The van der Waals surface area contributed by atoms with Crippen LogP contribution in [0.3, 0.4) is 0 Å². The second-order valence-corrected chi connectivity index (χ2v) is 3.48. The van der Waals surface area contributed by atoms with Crippen molar-refractivity contribution in [1.29, 1.82) is 0 Å². The van der Waals surface area contributed by atoms with Crippen LogP contribution in [0.1, 0.15) is 12.1 Å². The first-order valence-corrected chi connectivity index (χ1v) is 5.19. The van der Waals surface area contributed by atoms with Crippen LogP contribution in [-0.2, 0) is 0 Å². The molecule has 2 rings (SSSR count). The quantitative estimate of drug-likeness (QED) is 0.811. The summed E-state index contributed by atoms with van der Waals surface area (Å²) in [4.78, 5) is 10.6. The Balaban J connectivity index is 2.30. The molecule has 0 unspecified atom stereocenters. The first-order valence-electron chi connectivity index (χ1n) is 5.19. The molecule has 0 aliphatic rings. The Bertz CT molecular complexity index is 591. The monoisotopic (exact) mass is 291 g/mol. The van der Waals surface area contributed by atoms with Crippen molar-refractivity contribution < 1.29 is 26.7 Å². The van der Waals surface area contributed by atoms with Gasteiger partial charge in [-0.25, -0.2) is 28.1 Å². The van der Waals surface area contributed by atoms with Crippen molar-refractivity contribution in [1.82, 2.24) is 15.0 Å². The van der Waals surface area contributed by atoms with Crippen LogP contribution >= 0.6 is 0 Å². The minimum absolute atomic E-state index is 0.0218. The van der Waals surface area contributed by atoms with Crippen molar-refractivity contribution in [3.8, 4) is 17.3 Å². The molecule has 0 radical (unpaired) electrons. The zero-order valence-corrected chi connectivity index (χ0v) is 9.60. The Morgan fingerprint density at radius 3 is 2.25 bits per heavy atom. The normalized spacial score (nSPS) is 11.2. The SMILES string of the molecule is Fc1ccc(-c2cnc(OC(F)F)cn2)nc1C(F)F. The van der Waals surface area contributed by atoms with Gasteiger partial charge < -0.3 is 4.74 Å². The molecule has 0 saturated carbocycles. The summed E-state index contributed by atoms with van der Waals surface area (Å²) in [5, 5.41) is 0. The summed E-state index contributed by atoms with van der Waals surface area (Å²) in [6, 6.07) is 1.94. The van der Waals surface area contributed by atoms with E-state index in [1.54, 1.807) is 0 Å². The predicted octanol–water partition coefficient (Wildman–Crippen LogP) is 3.22. The molecule has 0 aromatic carbocycles. The molecule has 0 amide bonds. The fourth-order valence-corrected chi connectivity index (χ4v) is 1.35. The number of nitrogens with zero attached hydrogens (tertiary/aromatic N) is 3. The third-order valence-electron chi connectivity index (χ3n) is 2.18. The largest absolute Gasteiger partial charge is 0.415 e. The van der Waals surface area contributed by atoms with Gasteiger partial charge in [0, 0.05) is 0 Å². The molecule has 0 atom stereocenters. The highest BCUT2D eigenvalue weighted by molar-refractivity contribution is 5.53. The second-order valence-electron chi connectivity index (χ2n) is 3.48. The van der Waals surface area contributed by atoms with Gasteiger partial charge in [-0.15, -0.1) is 0 Å². The standard InChI is InChI=1S/C11H6F5N3O/c12-5-1-2-6(19-9(5)10(13)14)7-3-18-8(4-17-7)20-11(15)16/h1-4,10-11H. The number of halogens is 5. The molecule has 0 aliphatic heterocycles.